The highest BCUT2D eigenvalue weighted by Gasteiger charge is 2.13. The number of benzene rings is 2. The zero-order valence-corrected chi connectivity index (χ0v) is 16.6. The van der Waals surface area contributed by atoms with Crippen LogP contribution in [0, 0.1) is 0 Å². The van der Waals surface area contributed by atoms with Gasteiger partial charge in [-0.1, -0.05) is 24.3 Å². The minimum absolute atomic E-state index is 0.274. The van der Waals surface area contributed by atoms with E-state index < -0.39 is 0 Å². The van der Waals surface area contributed by atoms with Crippen molar-refractivity contribution in [3.63, 3.8) is 0 Å². The molecular formula is C20H20N4O3S. The smallest absolute Gasteiger partial charge is 0.257 e. The molecule has 3 amide bonds. The van der Waals surface area contributed by atoms with E-state index in [0.717, 1.165) is 16.6 Å². The molecule has 0 radical (unpaired) electrons. The summed E-state index contributed by atoms with van der Waals surface area (Å²) in [5.41, 5.74) is 3.16. The van der Waals surface area contributed by atoms with Gasteiger partial charge in [-0.2, -0.15) is 0 Å². The first-order chi connectivity index (χ1) is 13.3. The molecule has 1 aromatic heterocycles. The third kappa shape index (κ3) is 4.72. The fourth-order valence-electron chi connectivity index (χ4n) is 2.72. The zero-order valence-electron chi connectivity index (χ0n) is 15.8. The first-order valence-corrected chi connectivity index (χ1v) is 9.57. The fourth-order valence-corrected chi connectivity index (χ4v) is 3.65. The number of aromatic nitrogens is 1. The number of aryl methyl sites for hydroxylation is 1. The van der Waals surface area contributed by atoms with E-state index >= 15 is 0 Å². The lowest BCUT2D eigenvalue weighted by Gasteiger charge is -2.10. The lowest BCUT2D eigenvalue weighted by molar-refractivity contribution is -0.115. The molecule has 0 saturated heterocycles. The average molecular weight is 396 g/mol. The highest BCUT2D eigenvalue weighted by atomic mass is 32.1. The Kier molecular flexibility index (Phi) is 5.70. The van der Waals surface area contributed by atoms with Crippen molar-refractivity contribution >= 4 is 55.8 Å². The van der Waals surface area contributed by atoms with Crippen molar-refractivity contribution in [3.8, 4) is 0 Å². The summed E-state index contributed by atoms with van der Waals surface area (Å²) < 4.78 is 1.00. The van der Waals surface area contributed by atoms with Crippen LogP contribution >= 0.6 is 11.3 Å². The lowest BCUT2D eigenvalue weighted by Crippen LogP contribution is -2.15. The molecule has 0 saturated carbocycles. The third-order valence-corrected chi connectivity index (χ3v) is 4.85. The zero-order chi connectivity index (χ0) is 20.3. The Labute approximate surface area is 166 Å². The van der Waals surface area contributed by atoms with Crippen molar-refractivity contribution in [2.75, 3.05) is 16.0 Å². The molecule has 3 aromatic rings. The van der Waals surface area contributed by atoms with Gasteiger partial charge >= 0.3 is 0 Å². The Bertz CT molecular complexity index is 1040. The van der Waals surface area contributed by atoms with Crippen LogP contribution in [0.2, 0.25) is 0 Å². The van der Waals surface area contributed by atoms with E-state index in [-0.39, 0.29) is 17.7 Å². The summed E-state index contributed by atoms with van der Waals surface area (Å²) >= 11 is 1.40. The number of fused-ring (bicyclic) bond motifs is 1. The number of anilines is 3. The normalized spacial score (nSPS) is 10.5. The predicted octanol–water partition coefficient (Wildman–Crippen LogP) is 4.03. The molecule has 0 aliphatic carbocycles. The van der Waals surface area contributed by atoms with Gasteiger partial charge < -0.3 is 10.6 Å². The number of nitrogens with zero attached hydrogens (tertiary/aromatic N) is 1. The van der Waals surface area contributed by atoms with Crippen LogP contribution in [0.25, 0.3) is 10.2 Å². The first-order valence-electron chi connectivity index (χ1n) is 8.75. The number of hydrogen-bond donors (Lipinski definition) is 3. The third-order valence-electron chi connectivity index (χ3n) is 3.92. The van der Waals surface area contributed by atoms with Crippen LogP contribution < -0.4 is 16.0 Å². The predicted molar refractivity (Wildman–Crippen MR) is 112 cm³/mol. The van der Waals surface area contributed by atoms with Crippen molar-refractivity contribution in [1.29, 1.82) is 0 Å². The van der Waals surface area contributed by atoms with Crippen LogP contribution in [0.3, 0.4) is 0 Å². The van der Waals surface area contributed by atoms with Gasteiger partial charge in [0.25, 0.3) is 5.91 Å². The minimum atomic E-state index is -0.381. The molecule has 1 heterocycles. The second-order valence-corrected chi connectivity index (χ2v) is 7.32. The molecule has 0 aliphatic rings. The maximum atomic E-state index is 12.7. The van der Waals surface area contributed by atoms with Crippen LogP contribution in [0.15, 0.2) is 36.4 Å². The molecule has 3 rings (SSSR count). The van der Waals surface area contributed by atoms with E-state index in [0.29, 0.717) is 22.1 Å². The number of rotatable bonds is 5. The second kappa shape index (κ2) is 8.18. The van der Waals surface area contributed by atoms with Gasteiger partial charge in [0.15, 0.2) is 5.13 Å². The Morgan fingerprint density at radius 2 is 1.57 bits per heavy atom. The van der Waals surface area contributed by atoms with Crippen LogP contribution in [-0.2, 0) is 16.0 Å². The maximum Gasteiger partial charge on any atom is 0.257 e. The van der Waals surface area contributed by atoms with Gasteiger partial charge in [0.2, 0.25) is 11.8 Å². The summed E-state index contributed by atoms with van der Waals surface area (Å²) in [4.78, 5) is 39.9. The summed E-state index contributed by atoms with van der Waals surface area (Å²) in [7, 11) is 0. The Morgan fingerprint density at radius 3 is 2.14 bits per heavy atom. The van der Waals surface area contributed by atoms with Gasteiger partial charge in [0.05, 0.1) is 10.2 Å². The number of amides is 3. The van der Waals surface area contributed by atoms with Gasteiger partial charge in [-0.15, -0.1) is 0 Å². The van der Waals surface area contributed by atoms with Crippen LogP contribution in [0.5, 0.6) is 0 Å². The summed E-state index contributed by atoms with van der Waals surface area (Å²) in [6.45, 7) is 4.83. The van der Waals surface area contributed by atoms with Gasteiger partial charge in [0, 0.05) is 30.8 Å². The Balaban J connectivity index is 1.88. The summed E-state index contributed by atoms with van der Waals surface area (Å²) in [6, 6.07) is 10.7. The monoisotopic (exact) mass is 396 g/mol. The standard InChI is InChI=1S/C20H20N4O3S/c1-4-13-5-6-17-18(7-13)28-20(23-17)24-19(27)14-8-15(21-11(2)25)10-16(9-14)22-12(3)26/h5-10H,4H2,1-3H3,(H,21,25)(H,22,26)(H,23,24,27). The van der Waals surface area contributed by atoms with Gasteiger partial charge in [-0.3, -0.25) is 19.7 Å². The van der Waals surface area contributed by atoms with E-state index in [9.17, 15) is 14.4 Å². The number of hydrogen-bond acceptors (Lipinski definition) is 5. The largest absolute Gasteiger partial charge is 0.326 e. The molecule has 0 atom stereocenters. The van der Waals surface area contributed by atoms with E-state index in [1.807, 2.05) is 12.1 Å². The van der Waals surface area contributed by atoms with Crippen LogP contribution in [-0.4, -0.2) is 22.7 Å². The van der Waals surface area contributed by atoms with Crippen LogP contribution in [0.1, 0.15) is 36.7 Å². The summed E-state index contributed by atoms with van der Waals surface area (Å²) in [5.74, 6) is -0.929. The van der Waals surface area contributed by atoms with Crippen molar-refractivity contribution < 1.29 is 14.4 Å². The van der Waals surface area contributed by atoms with Crippen molar-refractivity contribution in [3.05, 3.63) is 47.5 Å². The molecule has 7 nitrogen and oxygen atoms in total. The molecule has 8 heteroatoms. The number of nitrogens with one attached hydrogen (secondary N) is 3. The number of carbonyl (C=O) groups excluding carboxylic acids is 3. The molecule has 0 aliphatic heterocycles. The van der Waals surface area contributed by atoms with E-state index in [4.69, 9.17) is 0 Å². The van der Waals surface area contributed by atoms with Gasteiger partial charge in [-0.05, 0) is 42.3 Å². The van der Waals surface area contributed by atoms with Crippen LogP contribution in [0.4, 0.5) is 16.5 Å². The molecule has 0 unspecified atom stereocenters. The van der Waals surface area contributed by atoms with E-state index in [1.54, 1.807) is 18.2 Å². The van der Waals surface area contributed by atoms with Gasteiger partial charge in [-0.25, -0.2) is 4.98 Å². The summed E-state index contributed by atoms with van der Waals surface area (Å²) in [5, 5.41) is 8.53. The minimum Gasteiger partial charge on any atom is -0.326 e. The highest BCUT2D eigenvalue weighted by molar-refractivity contribution is 7.22. The lowest BCUT2D eigenvalue weighted by atomic mass is 10.1. The quantitative estimate of drug-likeness (QED) is 0.606. The Hall–Kier alpha value is -3.26. The van der Waals surface area contributed by atoms with Gasteiger partial charge in [0.1, 0.15) is 0 Å². The first kappa shape index (κ1) is 19.5. The molecule has 28 heavy (non-hydrogen) atoms. The molecule has 0 bridgehead atoms. The van der Waals surface area contributed by atoms with Crippen molar-refractivity contribution in [1.82, 2.24) is 4.98 Å². The maximum absolute atomic E-state index is 12.7. The van der Waals surface area contributed by atoms with E-state index in [1.165, 1.54) is 30.7 Å². The topological polar surface area (TPSA) is 100 Å². The molecule has 144 valence electrons. The van der Waals surface area contributed by atoms with E-state index in [2.05, 4.69) is 33.9 Å². The molecule has 0 fully saturated rings. The SMILES string of the molecule is CCc1ccc2nc(NC(=O)c3cc(NC(C)=O)cc(NC(C)=O)c3)sc2c1. The van der Waals surface area contributed by atoms with Crippen molar-refractivity contribution in [2.24, 2.45) is 0 Å². The summed E-state index contributed by atoms with van der Waals surface area (Å²) in [6.07, 6.45) is 0.928. The average Bonchev–Trinajstić information content (AvgIpc) is 3.01. The fraction of sp³-hybridized carbons (Fsp3) is 0.200. The molecule has 2 aromatic carbocycles. The highest BCUT2D eigenvalue weighted by Crippen LogP contribution is 2.28. The molecular weight excluding hydrogens is 376 g/mol. The second-order valence-electron chi connectivity index (χ2n) is 6.29. The number of carbonyl (C=O) groups is 3. The Morgan fingerprint density at radius 1 is 0.929 bits per heavy atom. The number of thiazole rings is 1. The molecule has 3 N–H and O–H groups in total. The molecule has 0 spiro atoms. The van der Waals surface area contributed by atoms with Crippen molar-refractivity contribution in [2.45, 2.75) is 27.2 Å².